The van der Waals surface area contributed by atoms with Gasteiger partial charge in [-0.05, 0) is 70.8 Å². The third-order valence-electron chi connectivity index (χ3n) is 5.64. The van der Waals surface area contributed by atoms with Gasteiger partial charge in [0.05, 0.1) is 0 Å². The van der Waals surface area contributed by atoms with E-state index in [4.69, 9.17) is 15.2 Å². The molecule has 0 heterocycles. The number of carbonyl (C=O) groups is 2. The third-order valence-corrected chi connectivity index (χ3v) is 5.64. The van der Waals surface area contributed by atoms with Crippen LogP contribution < -0.4 is 24.7 Å². The number of rotatable bonds is 8. The van der Waals surface area contributed by atoms with Crippen LogP contribution in [-0.2, 0) is 9.59 Å². The lowest BCUT2D eigenvalue weighted by Crippen LogP contribution is -2.43. The smallest absolute Gasteiger partial charge is 0.425 e. The fourth-order valence-electron chi connectivity index (χ4n) is 3.66. The van der Waals surface area contributed by atoms with Crippen LogP contribution in [0.5, 0.6) is 23.0 Å². The second-order valence-corrected chi connectivity index (χ2v) is 8.75. The minimum absolute atomic E-state index is 0.0669. The van der Waals surface area contributed by atoms with Crippen molar-refractivity contribution in [1.82, 2.24) is 0 Å². The van der Waals surface area contributed by atoms with Crippen molar-refractivity contribution in [1.29, 1.82) is 0 Å². The minimum Gasteiger partial charge on any atom is -0.425 e. The molecular formula is C29H17F8NO6. The molecule has 0 bridgehead atoms. The molecule has 4 rings (SSSR count). The van der Waals surface area contributed by atoms with Gasteiger partial charge in [0.25, 0.3) is 0 Å². The van der Waals surface area contributed by atoms with Gasteiger partial charge in [0.2, 0.25) is 6.04 Å². The molecule has 4 aromatic carbocycles. The van der Waals surface area contributed by atoms with Gasteiger partial charge in [-0.25, -0.2) is 18.4 Å². The van der Waals surface area contributed by atoms with Gasteiger partial charge in [0.1, 0.15) is 11.5 Å². The number of esters is 2. The second kappa shape index (κ2) is 12.6. The first-order chi connectivity index (χ1) is 20.6. The van der Waals surface area contributed by atoms with Crippen molar-refractivity contribution in [2.45, 2.75) is 18.8 Å². The molecule has 0 aliphatic heterocycles. The fraction of sp³-hybridized carbons (Fsp3) is 0.103. The van der Waals surface area contributed by atoms with Crippen LogP contribution in [0.3, 0.4) is 0 Å². The van der Waals surface area contributed by atoms with Crippen LogP contribution in [0.15, 0.2) is 84.9 Å². The Labute approximate surface area is 242 Å². The van der Waals surface area contributed by atoms with E-state index < -0.39 is 53.8 Å². The molecule has 15 heteroatoms. The average molecular weight is 627 g/mol. The second-order valence-electron chi connectivity index (χ2n) is 8.75. The molecule has 0 amide bonds. The molecule has 0 aromatic heterocycles. The average Bonchev–Trinajstić information content (AvgIpc) is 2.94. The summed E-state index contributed by atoms with van der Waals surface area (Å²) < 4.78 is 119. The third kappa shape index (κ3) is 8.44. The van der Waals surface area contributed by atoms with Gasteiger partial charge >= 0.3 is 24.7 Å². The van der Waals surface area contributed by atoms with Gasteiger partial charge < -0.3 is 24.7 Å². The summed E-state index contributed by atoms with van der Waals surface area (Å²) in [6.45, 7) is 0. The van der Waals surface area contributed by atoms with Crippen LogP contribution in [-0.4, -0.2) is 30.7 Å². The minimum atomic E-state index is -5.06. The maximum atomic E-state index is 14.0. The van der Waals surface area contributed by atoms with Crippen LogP contribution in [0.2, 0.25) is 0 Å². The Kier molecular flexibility index (Phi) is 9.08. The Bertz CT molecular complexity index is 1530. The van der Waals surface area contributed by atoms with Crippen molar-refractivity contribution < 1.29 is 63.7 Å². The van der Waals surface area contributed by atoms with E-state index in [1.54, 1.807) is 0 Å². The molecule has 0 saturated carbocycles. The quantitative estimate of drug-likeness (QED) is 0.0979. The van der Waals surface area contributed by atoms with Crippen molar-refractivity contribution in [2.75, 3.05) is 0 Å². The van der Waals surface area contributed by atoms with Crippen LogP contribution in [0.25, 0.3) is 22.3 Å². The highest BCUT2D eigenvalue weighted by atomic mass is 19.4. The van der Waals surface area contributed by atoms with Crippen LogP contribution in [0.1, 0.15) is 0 Å². The van der Waals surface area contributed by atoms with Crippen molar-refractivity contribution in [2.24, 2.45) is 5.73 Å². The Morgan fingerprint density at radius 1 is 0.545 bits per heavy atom. The zero-order valence-electron chi connectivity index (χ0n) is 21.7. The SMILES string of the molecule is NC(C(=O)Oc1ccc(-c2ccc(OC(F)(F)F)c(F)c2)cc1)C(=O)Oc1ccc(-c2ccc(OC(F)(F)F)c(F)c2)cc1. The molecule has 0 fully saturated rings. The standard InChI is InChI=1S/C29H17F8NO6/c30-21-13-17(5-11-23(21)43-28(32,33)34)15-1-7-19(8-2-15)41-26(39)25(38)27(40)42-20-9-3-16(4-10-20)18-6-12-24(22(31)14-18)44-29(35,36)37/h1-14,25H,38H2. The lowest BCUT2D eigenvalue weighted by atomic mass is 10.1. The van der Waals surface area contributed by atoms with Crippen LogP contribution >= 0.6 is 0 Å². The summed E-state index contributed by atoms with van der Waals surface area (Å²) in [7, 11) is 0. The maximum absolute atomic E-state index is 14.0. The normalized spacial score (nSPS) is 11.7. The van der Waals surface area contributed by atoms with E-state index in [1.165, 1.54) is 60.7 Å². The highest BCUT2D eigenvalue weighted by Gasteiger charge is 2.33. The predicted octanol–water partition coefficient (Wildman–Crippen LogP) is 6.93. The van der Waals surface area contributed by atoms with Crippen molar-refractivity contribution >= 4 is 11.9 Å². The Morgan fingerprint density at radius 2 is 0.864 bits per heavy atom. The van der Waals surface area contributed by atoms with Gasteiger partial charge in [-0.1, -0.05) is 36.4 Å². The number of ether oxygens (including phenoxy) is 4. The van der Waals surface area contributed by atoms with Crippen LogP contribution in [0.4, 0.5) is 35.1 Å². The maximum Gasteiger partial charge on any atom is 0.573 e. The zero-order valence-corrected chi connectivity index (χ0v) is 21.7. The summed E-state index contributed by atoms with van der Waals surface area (Å²) in [6.07, 6.45) is -10.1. The van der Waals surface area contributed by atoms with E-state index in [-0.39, 0.29) is 22.6 Å². The fourth-order valence-corrected chi connectivity index (χ4v) is 3.66. The summed E-state index contributed by atoms with van der Waals surface area (Å²) in [5.74, 6) is -7.05. The number of hydrogen-bond acceptors (Lipinski definition) is 7. The Balaban J connectivity index is 1.34. The lowest BCUT2D eigenvalue weighted by Gasteiger charge is -2.13. The highest BCUT2D eigenvalue weighted by molar-refractivity contribution is 6.00. The molecule has 230 valence electrons. The Hall–Kier alpha value is -5.18. The topological polar surface area (TPSA) is 97.1 Å². The van der Waals surface area contributed by atoms with Crippen LogP contribution in [0, 0.1) is 11.6 Å². The molecule has 2 N–H and O–H groups in total. The molecule has 0 atom stereocenters. The summed E-state index contributed by atoms with van der Waals surface area (Å²) in [4.78, 5) is 24.7. The zero-order chi connectivity index (χ0) is 32.2. The van der Waals surface area contributed by atoms with E-state index in [0.717, 1.165) is 24.3 Å². The highest BCUT2D eigenvalue weighted by Crippen LogP contribution is 2.32. The molecule has 0 aliphatic rings. The summed E-state index contributed by atoms with van der Waals surface area (Å²) in [6, 6.07) is 14.3. The van der Waals surface area contributed by atoms with E-state index in [0.29, 0.717) is 11.1 Å². The van der Waals surface area contributed by atoms with Gasteiger partial charge in [-0.3, -0.25) is 0 Å². The number of benzene rings is 4. The van der Waals surface area contributed by atoms with E-state index >= 15 is 0 Å². The van der Waals surface area contributed by atoms with E-state index in [9.17, 15) is 44.7 Å². The number of hydrogen-bond donors (Lipinski definition) is 1. The molecule has 4 aromatic rings. The monoisotopic (exact) mass is 627 g/mol. The van der Waals surface area contributed by atoms with E-state index in [2.05, 4.69) is 9.47 Å². The number of alkyl halides is 6. The van der Waals surface area contributed by atoms with Crippen molar-refractivity contribution in [3.05, 3.63) is 96.6 Å². The summed E-state index contributed by atoms with van der Waals surface area (Å²) in [5, 5.41) is 0. The van der Waals surface area contributed by atoms with Gasteiger partial charge in [-0.2, -0.15) is 0 Å². The molecule has 0 unspecified atom stereocenters. The van der Waals surface area contributed by atoms with E-state index in [1.807, 2.05) is 0 Å². The van der Waals surface area contributed by atoms with Gasteiger partial charge in [0, 0.05) is 0 Å². The number of nitrogens with two attached hydrogens (primary N) is 1. The van der Waals surface area contributed by atoms with Gasteiger partial charge in [-0.15, -0.1) is 26.3 Å². The predicted molar refractivity (Wildman–Crippen MR) is 136 cm³/mol. The summed E-state index contributed by atoms with van der Waals surface area (Å²) >= 11 is 0. The Morgan fingerprint density at radius 3 is 1.16 bits per heavy atom. The first-order valence-corrected chi connectivity index (χ1v) is 12.1. The molecule has 44 heavy (non-hydrogen) atoms. The molecule has 0 spiro atoms. The molecular weight excluding hydrogens is 610 g/mol. The summed E-state index contributed by atoms with van der Waals surface area (Å²) in [5.41, 5.74) is 6.72. The largest absolute Gasteiger partial charge is 0.573 e. The molecule has 0 aliphatic carbocycles. The van der Waals surface area contributed by atoms with Gasteiger partial charge in [0.15, 0.2) is 23.1 Å². The first kappa shape index (κ1) is 31.7. The molecule has 0 radical (unpaired) electrons. The molecule has 0 saturated heterocycles. The molecule has 7 nitrogen and oxygen atoms in total. The van der Waals surface area contributed by atoms with Crippen molar-refractivity contribution in [3.8, 4) is 45.3 Å². The number of halogens is 8. The van der Waals surface area contributed by atoms with Crippen molar-refractivity contribution in [3.63, 3.8) is 0 Å². The first-order valence-electron chi connectivity index (χ1n) is 12.1. The lowest BCUT2D eigenvalue weighted by molar-refractivity contribution is -0.276. The number of carbonyl (C=O) groups excluding carboxylic acids is 2.